The monoisotopic (exact) mass is 183 g/mol. The smallest absolute Gasteiger partial charge is 0.158 e. The molecule has 1 heterocycles. The number of nitrogens with zero attached hydrogens (tertiary/aromatic N) is 3. The van der Waals surface area contributed by atoms with E-state index < -0.39 is 0 Å². The lowest BCUT2D eigenvalue weighted by Gasteiger charge is -2.28. The van der Waals surface area contributed by atoms with Crippen molar-refractivity contribution in [2.75, 3.05) is 0 Å². The van der Waals surface area contributed by atoms with E-state index in [2.05, 4.69) is 37.9 Å². The van der Waals surface area contributed by atoms with Crippen molar-refractivity contribution < 1.29 is 5.11 Å². The van der Waals surface area contributed by atoms with Gasteiger partial charge in [-0.15, -0.1) is 10.2 Å². The van der Waals surface area contributed by atoms with Crippen LogP contribution in [0.1, 0.15) is 39.6 Å². The van der Waals surface area contributed by atoms with Gasteiger partial charge in [-0.3, -0.25) is 0 Å². The number of hydrogen-bond acceptors (Lipinski definition) is 3. The summed E-state index contributed by atoms with van der Waals surface area (Å²) in [5.41, 5.74) is 0.145. The lowest BCUT2D eigenvalue weighted by molar-refractivity contribution is 0.224. The van der Waals surface area contributed by atoms with Crippen molar-refractivity contribution in [2.45, 2.75) is 40.3 Å². The van der Waals surface area contributed by atoms with E-state index >= 15 is 0 Å². The zero-order chi connectivity index (χ0) is 10.1. The Balaban J connectivity index is 2.94. The van der Waals surface area contributed by atoms with Crippen molar-refractivity contribution in [1.82, 2.24) is 14.8 Å². The van der Waals surface area contributed by atoms with E-state index in [0.29, 0.717) is 5.82 Å². The molecular formula is C9H17N3O. The Bertz CT molecular complexity index is 275. The fraction of sp³-hybridized carbons (Fsp3) is 0.778. The first kappa shape index (κ1) is 10.2. The topological polar surface area (TPSA) is 50.9 Å². The largest absolute Gasteiger partial charge is 0.388 e. The zero-order valence-electron chi connectivity index (χ0n) is 8.65. The predicted molar refractivity (Wildman–Crippen MR) is 50.1 cm³/mol. The highest BCUT2D eigenvalue weighted by molar-refractivity contribution is 4.89. The summed E-state index contributed by atoms with van der Waals surface area (Å²) < 4.78 is 1.92. The number of aliphatic hydroxyl groups excluding tert-OH is 1. The lowest BCUT2D eigenvalue weighted by Crippen LogP contribution is -2.22. The van der Waals surface area contributed by atoms with E-state index in [1.54, 1.807) is 6.33 Å². The first-order chi connectivity index (χ1) is 5.96. The van der Waals surface area contributed by atoms with E-state index in [4.69, 9.17) is 5.11 Å². The van der Waals surface area contributed by atoms with Gasteiger partial charge in [-0.25, -0.2) is 0 Å². The summed E-state index contributed by atoms with van der Waals surface area (Å²) in [6.07, 6.45) is 1.67. The van der Waals surface area contributed by atoms with Gasteiger partial charge in [-0.1, -0.05) is 20.8 Å². The number of rotatable bonds is 2. The van der Waals surface area contributed by atoms with E-state index in [1.165, 1.54) is 0 Å². The van der Waals surface area contributed by atoms with Crippen LogP contribution in [0.15, 0.2) is 6.33 Å². The molecule has 1 atom stereocenters. The minimum Gasteiger partial charge on any atom is -0.388 e. The second kappa shape index (κ2) is 3.46. The second-order valence-electron chi connectivity index (χ2n) is 4.35. The predicted octanol–water partition coefficient (Wildman–Crippen LogP) is 1.38. The van der Waals surface area contributed by atoms with Crippen molar-refractivity contribution in [3.63, 3.8) is 0 Å². The van der Waals surface area contributed by atoms with Gasteiger partial charge >= 0.3 is 0 Å². The number of aromatic nitrogens is 3. The van der Waals surface area contributed by atoms with Gasteiger partial charge in [0.15, 0.2) is 5.82 Å². The minimum absolute atomic E-state index is 0.0551. The van der Waals surface area contributed by atoms with Gasteiger partial charge in [0.05, 0.1) is 0 Å². The summed E-state index contributed by atoms with van der Waals surface area (Å²) in [6, 6.07) is 0.282. The summed E-state index contributed by atoms with van der Waals surface area (Å²) >= 11 is 0. The molecular weight excluding hydrogens is 166 g/mol. The highest BCUT2D eigenvalue weighted by Crippen LogP contribution is 2.30. The van der Waals surface area contributed by atoms with Crippen molar-refractivity contribution in [3.8, 4) is 0 Å². The van der Waals surface area contributed by atoms with Crippen molar-refractivity contribution in [3.05, 3.63) is 12.2 Å². The molecule has 0 radical (unpaired) electrons. The molecule has 1 aromatic rings. The molecule has 0 saturated heterocycles. The molecule has 4 heteroatoms. The lowest BCUT2D eigenvalue weighted by atomic mass is 9.88. The number of hydrogen-bond donors (Lipinski definition) is 1. The summed E-state index contributed by atoms with van der Waals surface area (Å²) in [5, 5.41) is 16.6. The van der Waals surface area contributed by atoms with E-state index in [1.807, 2.05) is 4.57 Å². The molecule has 0 bridgehead atoms. The molecule has 13 heavy (non-hydrogen) atoms. The van der Waals surface area contributed by atoms with Crippen LogP contribution >= 0.6 is 0 Å². The molecule has 1 rings (SSSR count). The summed E-state index contributed by atoms with van der Waals surface area (Å²) in [7, 11) is 0. The van der Waals surface area contributed by atoms with Crippen LogP contribution in [-0.4, -0.2) is 19.9 Å². The van der Waals surface area contributed by atoms with Crippen LogP contribution in [0.5, 0.6) is 0 Å². The molecule has 1 unspecified atom stereocenters. The second-order valence-corrected chi connectivity index (χ2v) is 4.35. The highest BCUT2D eigenvalue weighted by atomic mass is 16.3. The van der Waals surface area contributed by atoms with Gasteiger partial charge in [-0.05, 0) is 12.3 Å². The average Bonchev–Trinajstić information content (AvgIpc) is 2.48. The van der Waals surface area contributed by atoms with Gasteiger partial charge in [-0.2, -0.15) is 0 Å². The maximum Gasteiger partial charge on any atom is 0.158 e. The quantitative estimate of drug-likeness (QED) is 0.753. The third kappa shape index (κ3) is 2.06. The maximum atomic E-state index is 9.00. The highest BCUT2D eigenvalue weighted by Gasteiger charge is 2.23. The molecule has 0 amide bonds. The molecule has 0 aromatic carbocycles. The van der Waals surface area contributed by atoms with Crippen LogP contribution in [0.4, 0.5) is 0 Å². The summed E-state index contributed by atoms with van der Waals surface area (Å²) in [5.74, 6) is 0.627. The van der Waals surface area contributed by atoms with Gasteiger partial charge in [0, 0.05) is 6.04 Å². The van der Waals surface area contributed by atoms with Crippen LogP contribution in [0.25, 0.3) is 0 Å². The Kier molecular flexibility index (Phi) is 2.71. The molecule has 0 fully saturated rings. The molecule has 0 aliphatic rings. The molecule has 1 N–H and O–H groups in total. The first-order valence-electron chi connectivity index (χ1n) is 4.46. The van der Waals surface area contributed by atoms with Gasteiger partial charge in [0.2, 0.25) is 0 Å². The first-order valence-corrected chi connectivity index (χ1v) is 4.46. The fourth-order valence-electron chi connectivity index (χ4n) is 1.12. The van der Waals surface area contributed by atoms with E-state index in [9.17, 15) is 0 Å². The molecule has 74 valence electrons. The average molecular weight is 183 g/mol. The van der Waals surface area contributed by atoms with E-state index in [0.717, 1.165) is 0 Å². The van der Waals surface area contributed by atoms with Gasteiger partial charge < -0.3 is 9.67 Å². The molecule has 1 aromatic heterocycles. The van der Waals surface area contributed by atoms with Crippen LogP contribution in [0, 0.1) is 5.41 Å². The normalized spacial score (nSPS) is 14.5. The van der Waals surface area contributed by atoms with Crippen LogP contribution < -0.4 is 0 Å². The molecule has 0 aliphatic carbocycles. The third-order valence-electron chi connectivity index (χ3n) is 2.46. The van der Waals surface area contributed by atoms with Crippen molar-refractivity contribution >= 4 is 0 Å². The van der Waals surface area contributed by atoms with Crippen LogP contribution in [-0.2, 0) is 6.61 Å². The Labute approximate surface area is 78.6 Å². The van der Waals surface area contributed by atoms with Gasteiger partial charge in [0.1, 0.15) is 12.9 Å². The van der Waals surface area contributed by atoms with Crippen molar-refractivity contribution in [2.24, 2.45) is 5.41 Å². The van der Waals surface area contributed by atoms with Crippen LogP contribution in [0.2, 0.25) is 0 Å². The Morgan fingerprint density at radius 1 is 1.54 bits per heavy atom. The summed E-state index contributed by atoms with van der Waals surface area (Å²) in [6.45, 7) is 8.50. The Morgan fingerprint density at radius 3 is 2.62 bits per heavy atom. The Hall–Kier alpha value is -0.900. The SMILES string of the molecule is CC(n1cnnc1CO)C(C)(C)C. The molecule has 0 aliphatic heterocycles. The maximum absolute atomic E-state index is 9.00. The van der Waals surface area contributed by atoms with Gasteiger partial charge in [0.25, 0.3) is 0 Å². The standard InChI is InChI=1S/C9H17N3O/c1-7(9(2,3)4)12-6-10-11-8(12)5-13/h6-7,13H,5H2,1-4H3. The van der Waals surface area contributed by atoms with Crippen LogP contribution in [0.3, 0.4) is 0 Å². The van der Waals surface area contributed by atoms with Crippen molar-refractivity contribution in [1.29, 1.82) is 0 Å². The molecule has 4 nitrogen and oxygen atoms in total. The Morgan fingerprint density at radius 2 is 2.15 bits per heavy atom. The number of aliphatic hydroxyl groups is 1. The fourth-order valence-corrected chi connectivity index (χ4v) is 1.12. The third-order valence-corrected chi connectivity index (χ3v) is 2.46. The molecule has 0 spiro atoms. The minimum atomic E-state index is -0.0551. The summed E-state index contributed by atoms with van der Waals surface area (Å²) in [4.78, 5) is 0. The molecule has 0 saturated carbocycles. The van der Waals surface area contributed by atoms with E-state index in [-0.39, 0.29) is 18.1 Å². The zero-order valence-corrected chi connectivity index (χ0v) is 8.65.